The number of nitrogens with one attached hydrogen (secondary N) is 2. The van der Waals surface area contributed by atoms with Crippen LogP contribution in [-0.2, 0) is 19.4 Å². The number of amides is 2. The molecule has 7 heteroatoms. The summed E-state index contributed by atoms with van der Waals surface area (Å²) in [6.07, 6.45) is 0.722. The molecule has 0 spiro atoms. The molecule has 0 heterocycles. The lowest BCUT2D eigenvalue weighted by Gasteiger charge is -2.07. The van der Waals surface area contributed by atoms with Crippen LogP contribution in [0.1, 0.15) is 18.9 Å². The summed E-state index contributed by atoms with van der Waals surface area (Å²) in [7, 11) is -3.76. The van der Waals surface area contributed by atoms with E-state index in [1.165, 1.54) is 0 Å². The van der Waals surface area contributed by atoms with Crippen LogP contribution in [0, 0.1) is 6.92 Å². The van der Waals surface area contributed by atoms with Gasteiger partial charge in [0, 0.05) is 12.2 Å². The van der Waals surface area contributed by atoms with E-state index in [2.05, 4.69) is 10.6 Å². The number of sulfone groups is 1. The fourth-order valence-corrected chi connectivity index (χ4v) is 2.68. The van der Waals surface area contributed by atoms with Crippen molar-refractivity contribution in [2.24, 2.45) is 0 Å². The lowest BCUT2D eigenvalue weighted by Crippen LogP contribution is -2.34. The van der Waals surface area contributed by atoms with Crippen LogP contribution in [-0.4, -0.2) is 38.3 Å². The molecule has 1 rings (SSSR count). The topological polar surface area (TPSA) is 92.3 Å². The first-order valence-corrected chi connectivity index (χ1v) is 8.48. The monoisotopic (exact) mass is 312 g/mol. The second kappa shape index (κ2) is 7.78. The average Bonchev–Trinajstić information content (AvgIpc) is 2.37. The Bertz CT molecular complexity index is 594. The van der Waals surface area contributed by atoms with E-state index in [1.54, 1.807) is 12.1 Å². The van der Waals surface area contributed by atoms with Gasteiger partial charge < -0.3 is 10.6 Å². The van der Waals surface area contributed by atoms with Crippen molar-refractivity contribution in [1.82, 2.24) is 5.32 Å². The Labute approximate surface area is 124 Å². The summed E-state index contributed by atoms with van der Waals surface area (Å²) in [6.45, 7) is 4.19. The highest BCUT2D eigenvalue weighted by Gasteiger charge is 2.20. The Hall–Kier alpha value is -1.89. The van der Waals surface area contributed by atoms with E-state index in [0.717, 1.165) is 12.0 Å². The lowest BCUT2D eigenvalue weighted by molar-refractivity contribution is -0.118. The summed E-state index contributed by atoms with van der Waals surface area (Å²) in [5, 5.41) is 4.96. The van der Waals surface area contributed by atoms with Gasteiger partial charge in [-0.15, -0.1) is 0 Å². The van der Waals surface area contributed by atoms with Crippen LogP contribution >= 0.6 is 0 Å². The van der Waals surface area contributed by atoms with Crippen LogP contribution in [0.4, 0.5) is 5.69 Å². The maximum atomic E-state index is 11.7. The van der Waals surface area contributed by atoms with Crippen molar-refractivity contribution in [3.63, 3.8) is 0 Å². The maximum absolute atomic E-state index is 11.7. The standard InChI is InChI=1S/C14H20N2O4S/c1-3-8-15-13(17)9-21(19,20)10-14(18)16-12-6-4-11(2)5-7-12/h4-7H,3,8-10H2,1-2H3,(H,15,17)(H,16,18). The third-order valence-electron chi connectivity index (χ3n) is 2.61. The fourth-order valence-electron chi connectivity index (χ4n) is 1.60. The first-order valence-electron chi connectivity index (χ1n) is 6.66. The van der Waals surface area contributed by atoms with Gasteiger partial charge in [-0.2, -0.15) is 0 Å². The lowest BCUT2D eigenvalue weighted by atomic mass is 10.2. The molecule has 116 valence electrons. The summed E-state index contributed by atoms with van der Waals surface area (Å²) < 4.78 is 23.5. The molecule has 21 heavy (non-hydrogen) atoms. The van der Waals surface area contributed by atoms with Gasteiger partial charge in [-0.25, -0.2) is 8.42 Å². The maximum Gasteiger partial charge on any atom is 0.239 e. The van der Waals surface area contributed by atoms with Crippen molar-refractivity contribution < 1.29 is 18.0 Å². The SMILES string of the molecule is CCCNC(=O)CS(=O)(=O)CC(=O)Nc1ccc(C)cc1. The first-order chi connectivity index (χ1) is 9.82. The van der Waals surface area contributed by atoms with Crippen LogP contribution in [0.2, 0.25) is 0 Å². The van der Waals surface area contributed by atoms with E-state index in [0.29, 0.717) is 12.2 Å². The number of benzene rings is 1. The Morgan fingerprint density at radius 1 is 1.05 bits per heavy atom. The third-order valence-corrected chi connectivity index (χ3v) is 4.01. The zero-order valence-corrected chi connectivity index (χ0v) is 13.0. The highest BCUT2D eigenvalue weighted by atomic mass is 32.2. The molecule has 0 aliphatic heterocycles. The van der Waals surface area contributed by atoms with E-state index in [9.17, 15) is 18.0 Å². The highest BCUT2D eigenvalue weighted by Crippen LogP contribution is 2.08. The molecule has 0 aromatic heterocycles. The van der Waals surface area contributed by atoms with Crippen molar-refractivity contribution in [2.45, 2.75) is 20.3 Å². The zero-order valence-electron chi connectivity index (χ0n) is 12.2. The molecular formula is C14H20N2O4S. The van der Waals surface area contributed by atoms with Gasteiger partial charge >= 0.3 is 0 Å². The molecule has 0 aliphatic carbocycles. The second-order valence-corrected chi connectivity index (χ2v) is 6.86. The van der Waals surface area contributed by atoms with Gasteiger partial charge in [-0.05, 0) is 25.5 Å². The van der Waals surface area contributed by atoms with Gasteiger partial charge in [0.05, 0.1) is 0 Å². The molecule has 0 fully saturated rings. The number of rotatable bonds is 7. The van der Waals surface area contributed by atoms with Gasteiger partial charge in [-0.1, -0.05) is 24.6 Å². The summed E-state index contributed by atoms with van der Waals surface area (Å²) in [6, 6.07) is 6.99. The number of aryl methyl sites for hydroxylation is 1. The normalized spacial score (nSPS) is 11.0. The number of hydrogen-bond acceptors (Lipinski definition) is 4. The smallest absolute Gasteiger partial charge is 0.239 e. The highest BCUT2D eigenvalue weighted by molar-refractivity contribution is 7.92. The van der Waals surface area contributed by atoms with Crippen molar-refractivity contribution >= 4 is 27.3 Å². The zero-order chi connectivity index (χ0) is 15.9. The van der Waals surface area contributed by atoms with Gasteiger partial charge in [0.15, 0.2) is 9.84 Å². The van der Waals surface area contributed by atoms with Crippen LogP contribution in [0.15, 0.2) is 24.3 Å². The van der Waals surface area contributed by atoms with Gasteiger partial charge in [-0.3, -0.25) is 9.59 Å². The van der Waals surface area contributed by atoms with Crippen molar-refractivity contribution in [3.05, 3.63) is 29.8 Å². The van der Waals surface area contributed by atoms with E-state index in [4.69, 9.17) is 0 Å². The Morgan fingerprint density at radius 3 is 2.19 bits per heavy atom. The summed E-state index contributed by atoms with van der Waals surface area (Å²) in [5.41, 5.74) is 1.56. The summed E-state index contributed by atoms with van der Waals surface area (Å²) >= 11 is 0. The van der Waals surface area contributed by atoms with Crippen LogP contribution in [0.25, 0.3) is 0 Å². The van der Waals surface area contributed by atoms with Crippen molar-refractivity contribution in [3.8, 4) is 0 Å². The molecule has 1 aromatic rings. The van der Waals surface area contributed by atoms with E-state index in [1.807, 2.05) is 26.0 Å². The van der Waals surface area contributed by atoms with E-state index < -0.39 is 33.2 Å². The molecule has 0 radical (unpaired) electrons. The van der Waals surface area contributed by atoms with Crippen molar-refractivity contribution in [2.75, 3.05) is 23.4 Å². The summed E-state index contributed by atoms with van der Waals surface area (Å²) in [4.78, 5) is 23.1. The van der Waals surface area contributed by atoms with Crippen LogP contribution in [0.3, 0.4) is 0 Å². The molecule has 0 unspecified atom stereocenters. The number of hydrogen-bond donors (Lipinski definition) is 2. The molecule has 1 aromatic carbocycles. The average molecular weight is 312 g/mol. The Kier molecular flexibility index (Phi) is 6.36. The minimum atomic E-state index is -3.76. The molecule has 2 N–H and O–H groups in total. The largest absolute Gasteiger partial charge is 0.355 e. The quantitative estimate of drug-likeness (QED) is 0.781. The first kappa shape index (κ1) is 17.2. The van der Waals surface area contributed by atoms with Crippen LogP contribution < -0.4 is 10.6 Å². The molecular weight excluding hydrogens is 292 g/mol. The predicted molar refractivity (Wildman–Crippen MR) is 81.8 cm³/mol. The molecule has 0 saturated heterocycles. The van der Waals surface area contributed by atoms with Gasteiger partial charge in [0.1, 0.15) is 11.5 Å². The van der Waals surface area contributed by atoms with Crippen molar-refractivity contribution in [1.29, 1.82) is 0 Å². The number of carbonyl (C=O) groups excluding carboxylic acids is 2. The second-order valence-electron chi connectivity index (χ2n) is 4.80. The molecule has 0 atom stereocenters. The number of anilines is 1. The predicted octanol–water partition coefficient (Wildman–Crippen LogP) is 0.875. The summed E-state index contributed by atoms with van der Waals surface area (Å²) in [5.74, 6) is -2.61. The molecule has 0 saturated carbocycles. The minimum absolute atomic E-state index is 0.421. The third kappa shape index (κ3) is 6.89. The van der Waals surface area contributed by atoms with Crippen LogP contribution in [0.5, 0.6) is 0 Å². The van der Waals surface area contributed by atoms with E-state index >= 15 is 0 Å². The Morgan fingerprint density at radius 2 is 1.62 bits per heavy atom. The van der Waals surface area contributed by atoms with Gasteiger partial charge in [0.2, 0.25) is 11.8 Å². The number of carbonyl (C=O) groups is 2. The van der Waals surface area contributed by atoms with E-state index in [-0.39, 0.29) is 0 Å². The molecule has 0 aliphatic rings. The fraction of sp³-hybridized carbons (Fsp3) is 0.429. The van der Waals surface area contributed by atoms with Gasteiger partial charge in [0.25, 0.3) is 0 Å². The molecule has 6 nitrogen and oxygen atoms in total. The molecule has 2 amide bonds. The minimum Gasteiger partial charge on any atom is -0.355 e. The molecule has 0 bridgehead atoms. The Balaban J connectivity index is 2.52.